The average molecular weight is 471 g/mol. The summed E-state index contributed by atoms with van der Waals surface area (Å²) in [5.41, 5.74) is 1.36. The highest BCUT2D eigenvalue weighted by molar-refractivity contribution is 5.94. The van der Waals surface area contributed by atoms with Crippen molar-refractivity contribution in [3.05, 3.63) is 82.1 Å². The Kier molecular flexibility index (Phi) is 6.13. The summed E-state index contributed by atoms with van der Waals surface area (Å²) in [7, 11) is 1.52. The first kappa shape index (κ1) is 22.7. The Hall–Kier alpha value is -4.48. The average Bonchev–Trinajstić information content (AvgIpc) is 3.30. The summed E-state index contributed by atoms with van der Waals surface area (Å²) in [6.07, 6.45) is -4.79. The molecular weight excluding hydrogens is 455 g/mol. The predicted octanol–water partition coefficient (Wildman–Crippen LogP) is 3.27. The highest BCUT2D eigenvalue weighted by Gasteiger charge is 2.31. The van der Waals surface area contributed by atoms with E-state index >= 15 is 0 Å². The van der Waals surface area contributed by atoms with Gasteiger partial charge in [-0.05, 0) is 48.0 Å². The van der Waals surface area contributed by atoms with E-state index < -0.39 is 6.36 Å². The van der Waals surface area contributed by atoms with Gasteiger partial charge in [0.2, 0.25) is 5.82 Å². The second kappa shape index (κ2) is 9.17. The molecule has 0 saturated heterocycles. The van der Waals surface area contributed by atoms with Crippen LogP contribution in [0.5, 0.6) is 5.75 Å². The molecule has 34 heavy (non-hydrogen) atoms. The lowest BCUT2D eigenvalue weighted by atomic mass is 10.1. The zero-order valence-electron chi connectivity index (χ0n) is 17.5. The van der Waals surface area contributed by atoms with Crippen molar-refractivity contribution in [3.63, 3.8) is 0 Å². The largest absolute Gasteiger partial charge is 0.573 e. The van der Waals surface area contributed by atoms with Gasteiger partial charge in [0.25, 0.3) is 17.4 Å². The van der Waals surface area contributed by atoms with Crippen molar-refractivity contribution in [2.24, 2.45) is 0 Å². The smallest absolute Gasteiger partial charge is 0.406 e. The molecule has 9 nitrogen and oxygen atoms in total. The topological polar surface area (TPSA) is 112 Å². The van der Waals surface area contributed by atoms with E-state index in [9.17, 15) is 22.8 Å². The molecule has 0 saturated carbocycles. The van der Waals surface area contributed by atoms with E-state index in [1.807, 2.05) is 0 Å². The number of alkyl halides is 3. The molecule has 0 aliphatic rings. The molecule has 1 N–H and O–H groups in total. The molecule has 174 valence electrons. The fourth-order valence-electron chi connectivity index (χ4n) is 3.05. The van der Waals surface area contributed by atoms with Gasteiger partial charge < -0.3 is 14.6 Å². The summed E-state index contributed by atoms with van der Waals surface area (Å²) in [5.74, 6) is -0.508. The number of amides is 1. The highest BCUT2D eigenvalue weighted by Crippen LogP contribution is 2.26. The fraction of sp³-hybridized carbons (Fsp3) is 0.136. The van der Waals surface area contributed by atoms with Gasteiger partial charge in [0.1, 0.15) is 11.4 Å². The maximum atomic E-state index is 12.3. The van der Waals surface area contributed by atoms with E-state index in [0.717, 1.165) is 12.1 Å². The molecule has 0 atom stereocenters. The van der Waals surface area contributed by atoms with Gasteiger partial charge in [-0.15, -0.1) is 13.2 Å². The van der Waals surface area contributed by atoms with Crippen LogP contribution in [0.4, 0.5) is 13.2 Å². The third-order valence-electron chi connectivity index (χ3n) is 4.61. The molecule has 0 fully saturated rings. The van der Waals surface area contributed by atoms with Crippen molar-refractivity contribution in [2.45, 2.75) is 12.9 Å². The number of hydrogen-bond donors (Lipinski definition) is 1. The summed E-state index contributed by atoms with van der Waals surface area (Å²) in [5, 5.41) is 10.6. The van der Waals surface area contributed by atoms with Crippen LogP contribution in [-0.2, 0) is 6.54 Å². The molecule has 0 aliphatic heterocycles. The van der Waals surface area contributed by atoms with E-state index in [0.29, 0.717) is 16.7 Å². The lowest BCUT2D eigenvalue weighted by molar-refractivity contribution is -0.274. The second-order valence-electron chi connectivity index (χ2n) is 6.99. The number of nitrogens with one attached hydrogen (secondary N) is 1. The Labute approximate surface area is 189 Å². The van der Waals surface area contributed by atoms with E-state index in [-0.39, 0.29) is 41.2 Å². The van der Waals surface area contributed by atoms with Gasteiger partial charge in [-0.2, -0.15) is 10.1 Å². The molecule has 2 heterocycles. The van der Waals surface area contributed by atoms with Crippen molar-refractivity contribution in [1.82, 2.24) is 25.2 Å². The van der Waals surface area contributed by atoms with Crippen molar-refractivity contribution >= 4 is 5.91 Å². The summed E-state index contributed by atoms with van der Waals surface area (Å²) in [4.78, 5) is 28.4. The van der Waals surface area contributed by atoms with Gasteiger partial charge in [0.05, 0.1) is 6.54 Å². The van der Waals surface area contributed by atoms with Gasteiger partial charge in [-0.3, -0.25) is 9.59 Å². The Balaban J connectivity index is 1.56. The van der Waals surface area contributed by atoms with Crippen LogP contribution in [0.15, 0.2) is 70.0 Å². The molecule has 0 bridgehead atoms. The van der Waals surface area contributed by atoms with Gasteiger partial charge >= 0.3 is 6.36 Å². The highest BCUT2D eigenvalue weighted by atomic mass is 19.4. The van der Waals surface area contributed by atoms with Crippen molar-refractivity contribution < 1.29 is 27.2 Å². The lowest BCUT2D eigenvalue weighted by Gasteiger charge is -2.08. The Morgan fingerprint density at radius 2 is 1.88 bits per heavy atom. The standard InChI is InChI=1S/C22H16F3N5O4/c1-26-20(32)15-4-2-3-13(11-15)12-30-18(31)10-9-17(28-30)21-27-19(29-34-21)14-5-7-16(8-6-14)33-22(23,24)25/h2-11H,12H2,1H3,(H,26,32). The number of hydrogen-bond acceptors (Lipinski definition) is 7. The van der Waals surface area contributed by atoms with Crippen LogP contribution in [-0.4, -0.2) is 39.2 Å². The lowest BCUT2D eigenvalue weighted by Crippen LogP contribution is -2.23. The molecule has 0 spiro atoms. The maximum absolute atomic E-state index is 12.3. The second-order valence-corrected chi connectivity index (χ2v) is 6.99. The third-order valence-corrected chi connectivity index (χ3v) is 4.61. The number of aromatic nitrogens is 4. The van der Waals surface area contributed by atoms with Crippen LogP contribution in [0.3, 0.4) is 0 Å². The Bertz CT molecular complexity index is 1380. The Morgan fingerprint density at radius 3 is 2.59 bits per heavy atom. The zero-order chi connectivity index (χ0) is 24.3. The molecule has 0 radical (unpaired) electrons. The van der Waals surface area contributed by atoms with Crippen molar-refractivity contribution in [1.29, 1.82) is 0 Å². The number of nitrogens with zero attached hydrogens (tertiary/aromatic N) is 4. The number of carbonyl (C=O) groups excluding carboxylic acids is 1. The normalized spacial score (nSPS) is 11.3. The summed E-state index contributed by atoms with van der Waals surface area (Å²) < 4.78 is 47.2. The van der Waals surface area contributed by atoms with Crippen LogP contribution in [0.1, 0.15) is 15.9 Å². The first-order valence-corrected chi connectivity index (χ1v) is 9.81. The van der Waals surface area contributed by atoms with E-state index in [1.54, 1.807) is 24.3 Å². The van der Waals surface area contributed by atoms with E-state index in [2.05, 4.69) is 25.3 Å². The van der Waals surface area contributed by atoms with Gasteiger partial charge in [0.15, 0.2) is 0 Å². The van der Waals surface area contributed by atoms with Gasteiger partial charge in [0, 0.05) is 24.2 Å². The molecule has 2 aromatic carbocycles. The first-order valence-electron chi connectivity index (χ1n) is 9.81. The van der Waals surface area contributed by atoms with Crippen LogP contribution < -0.4 is 15.6 Å². The summed E-state index contributed by atoms with van der Waals surface area (Å²) in [6, 6.07) is 14.4. The molecule has 0 aliphatic carbocycles. The monoisotopic (exact) mass is 471 g/mol. The molecule has 4 aromatic rings. The number of ether oxygens (including phenoxy) is 1. The minimum absolute atomic E-state index is 0.0125. The van der Waals surface area contributed by atoms with E-state index in [1.165, 1.54) is 36.0 Å². The third kappa shape index (κ3) is 5.28. The Morgan fingerprint density at radius 1 is 1.12 bits per heavy atom. The van der Waals surface area contributed by atoms with Crippen molar-refractivity contribution in [2.75, 3.05) is 7.05 Å². The van der Waals surface area contributed by atoms with Crippen LogP contribution in [0.2, 0.25) is 0 Å². The molecular formula is C22H16F3N5O4. The minimum atomic E-state index is -4.79. The molecule has 4 rings (SSSR count). The van der Waals surface area contributed by atoms with E-state index in [4.69, 9.17) is 4.52 Å². The molecule has 1 amide bonds. The predicted molar refractivity (Wildman–Crippen MR) is 113 cm³/mol. The van der Waals surface area contributed by atoms with Gasteiger partial charge in [-0.1, -0.05) is 17.3 Å². The SMILES string of the molecule is CNC(=O)c1cccc(Cn2nc(-c3nc(-c4ccc(OC(F)(F)F)cc4)no3)ccc2=O)c1. The number of benzene rings is 2. The van der Waals surface area contributed by atoms with Crippen LogP contribution in [0, 0.1) is 0 Å². The van der Waals surface area contributed by atoms with Crippen LogP contribution in [0.25, 0.3) is 23.0 Å². The molecule has 12 heteroatoms. The minimum Gasteiger partial charge on any atom is -0.406 e. The fourth-order valence-corrected chi connectivity index (χ4v) is 3.05. The number of carbonyl (C=O) groups is 1. The summed E-state index contributed by atoms with van der Waals surface area (Å²) in [6.45, 7) is 0.0964. The maximum Gasteiger partial charge on any atom is 0.573 e. The van der Waals surface area contributed by atoms with Gasteiger partial charge in [-0.25, -0.2) is 4.68 Å². The number of rotatable bonds is 6. The molecule has 0 unspecified atom stereocenters. The van der Waals surface area contributed by atoms with Crippen LogP contribution >= 0.6 is 0 Å². The molecule has 2 aromatic heterocycles. The zero-order valence-corrected chi connectivity index (χ0v) is 17.5. The van der Waals surface area contributed by atoms with Crippen molar-refractivity contribution in [3.8, 4) is 28.7 Å². The quantitative estimate of drug-likeness (QED) is 0.459. The first-order chi connectivity index (χ1) is 16.2. The number of halogens is 3. The summed E-state index contributed by atoms with van der Waals surface area (Å²) >= 11 is 0.